The summed E-state index contributed by atoms with van der Waals surface area (Å²) in [5.41, 5.74) is 7.35. The van der Waals surface area contributed by atoms with Crippen molar-refractivity contribution < 1.29 is 9.13 Å². The Morgan fingerprint density at radius 1 is 1.44 bits per heavy atom. The standard InChI is InChI=1S/C14H21FN2O/c1-4-10-6-5-9(2)17(10)13-8-14(18-3)11(15)7-12(13)16/h7-10H,4-6,16H2,1-3H3. The molecule has 1 aliphatic rings. The van der Waals surface area contributed by atoms with Gasteiger partial charge in [-0.3, -0.25) is 0 Å². The molecule has 0 bridgehead atoms. The van der Waals surface area contributed by atoms with E-state index in [1.165, 1.54) is 13.2 Å². The van der Waals surface area contributed by atoms with Crippen LogP contribution >= 0.6 is 0 Å². The predicted molar refractivity (Wildman–Crippen MR) is 72.6 cm³/mol. The van der Waals surface area contributed by atoms with Crippen LogP contribution in [0.4, 0.5) is 15.8 Å². The molecule has 2 unspecified atom stereocenters. The first-order chi connectivity index (χ1) is 8.58. The number of anilines is 2. The van der Waals surface area contributed by atoms with E-state index in [9.17, 15) is 4.39 Å². The van der Waals surface area contributed by atoms with Crippen LogP contribution in [0.2, 0.25) is 0 Å². The van der Waals surface area contributed by atoms with Gasteiger partial charge in [-0.2, -0.15) is 0 Å². The fraction of sp³-hybridized carbons (Fsp3) is 0.571. The van der Waals surface area contributed by atoms with Gasteiger partial charge in [0.25, 0.3) is 0 Å². The molecule has 3 nitrogen and oxygen atoms in total. The highest BCUT2D eigenvalue weighted by atomic mass is 19.1. The molecule has 4 heteroatoms. The fourth-order valence-corrected chi connectivity index (χ4v) is 2.84. The third-order valence-corrected chi connectivity index (χ3v) is 3.84. The van der Waals surface area contributed by atoms with Gasteiger partial charge < -0.3 is 15.4 Å². The van der Waals surface area contributed by atoms with Crippen molar-refractivity contribution in [1.82, 2.24) is 0 Å². The number of halogens is 1. The highest BCUT2D eigenvalue weighted by Crippen LogP contribution is 2.38. The molecule has 0 saturated carbocycles. The zero-order valence-corrected chi connectivity index (χ0v) is 11.2. The van der Waals surface area contributed by atoms with Crippen LogP contribution in [0, 0.1) is 5.82 Å². The summed E-state index contributed by atoms with van der Waals surface area (Å²) in [6.07, 6.45) is 3.39. The van der Waals surface area contributed by atoms with Gasteiger partial charge in [0.05, 0.1) is 18.5 Å². The first-order valence-corrected chi connectivity index (χ1v) is 6.49. The van der Waals surface area contributed by atoms with E-state index in [0.29, 0.717) is 17.8 Å². The van der Waals surface area contributed by atoms with Crippen molar-refractivity contribution in [2.75, 3.05) is 17.7 Å². The van der Waals surface area contributed by atoms with Gasteiger partial charge in [-0.05, 0) is 26.2 Å². The Hall–Kier alpha value is -1.45. The second-order valence-corrected chi connectivity index (χ2v) is 4.94. The molecule has 0 radical (unpaired) electrons. The Kier molecular flexibility index (Phi) is 3.64. The first-order valence-electron chi connectivity index (χ1n) is 6.49. The number of benzene rings is 1. The average molecular weight is 252 g/mol. The van der Waals surface area contributed by atoms with Crippen LogP contribution in [-0.4, -0.2) is 19.2 Å². The molecular weight excluding hydrogens is 231 g/mol. The second-order valence-electron chi connectivity index (χ2n) is 4.94. The summed E-state index contributed by atoms with van der Waals surface area (Å²) in [5, 5.41) is 0. The number of methoxy groups -OCH3 is 1. The molecule has 1 fully saturated rings. The van der Waals surface area contributed by atoms with Gasteiger partial charge >= 0.3 is 0 Å². The average Bonchev–Trinajstić information content (AvgIpc) is 2.71. The SMILES string of the molecule is CCC1CCC(C)N1c1cc(OC)c(F)cc1N. The number of rotatable bonds is 3. The topological polar surface area (TPSA) is 38.5 Å². The molecule has 1 aromatic rings. The van der Waals surface area contributed by atoms with Gasteiger partial charge in [0.2, 0.25) is 0 Å². The van der Waals surface area contributed by atoms with E-state index < -0.39 is 5.82 Å². The van der Waals surface area contributed by atoms with Crippen LogP contribution in [0.3, 0.4) is 0 Å². The smallest absolute Gasteiger partial charge is 0.167 e. The van der Waals surface area contributed by atoms with Crippen molar-refractivity contribution >= 4 is 11.4 Å². The van der Waals surface area contributed by atoms with Gasteiger partial charge in [0.1, 0.15) is 0 Å². The summed E-state index contributed by atoms with van der Waals surface area (Å²) in [4.78, 5) is 2.30. The fourth-order valence-electron chi connectivity index (χ4n) is 2.84. The Balaban J connectivity index is 2.43. The Bertz CT molecular complexity index is 436. The van der Waals surface area contributed by atoms with E-state index in [0.717, 1.165) is 24.9 Å². The van der Waals surface area contributed by atoms with Crippen molar-refractivity contribution in [2.24, 2.45) is 0 Å². The summed E-state index contributed by atoms with van der Waals surface area (Å²) < 4.78 is 18.6. The van der Waals surface area contributed by atoms with Crippen molar-refractivity contribution in [3.05, 3.63) is 17.9 Å². The van der Waals surface area contributed by atoms with Crippen LogP contribution < -0.4 is 15.4 Å². The molecule has 2 atom stereocenters. The molecule has 2 N–H and O–H groups in total. The molecule has 1 saturated heterocycles. The molecule has 2 rings (SSSR count). The molecule has 0 amide bonds. The van der Waals surface area contributed by atoms with Crippen molar-refractivity contribution in [2.45, 2.75) is 45.2 Å². The van der Waals surface area contributed by atoms with Gasteiger partial charge in [-0.25, -0.2) is 4.39 Å². The molecule has 1 aliphatic heterocycles. The molecule has 18 heavy (non-hydrogen) atoms. The van der Waals surface area contributed by atoms with Crippen molar-refractivity contribution in [3.8, 4) is 5.75 Å². The maximum absolute atomic E-state index is 13.6. The zero-order chi connectivity index (χ0) is 13.3. The maximum Gasteiger partial charge on any atom is 0.167 e. The molecule has 100 valence electrons. The number of nitrogens with two attached hydrogens (primary N) is 1. The largest absolute Gasteiger partial charge is 0.494 e. The molecule has 1 aromatic carbocycles. The lowest BCUT2D eigenvalue weighted by atomic mass is 10.1. The molecule has 0 spiro atoms. The summed E-state index contributed by atoms with van der Waals surface area (Å²) in [5.74, 6) is -0.146. The van der Waals surface area contributed by atoms with Gasteiger partial charge in [-0.15, -0.1) is 0 Å². The Labute approximate surface area is 108 Å². The minimum absolute atomic E-state index is 0.258. The molecule has 0 aromatic heterocycles. The van der Waals surface area contributed by atoms with E-state index in [2.05, 4.69) is 18.7 Å². The highest BCUT2D eigenvalue weighted by molar-refractivity contribution is 5.71. The summed E-state index contributed by atoms with van der Waals surface area (Å²) >= 11 is 0. The van der Waals surface area contributed by atoms with Crippen LogP contribution in [0.15, 0.2) is 12.1 Å². The van der Waals surface area contributed by atoms with Crippen molar-refractivity contribution in [3.63, 3.8) is 0 Å². The quantitative estimate of drug-likeness (QED) is 0.840. The summed E-state index contributed by atoms with van der Waals surface area (Å²) in [6.45, 7) is 4.36. The van der Waals surface area contributed by atoms with Gasteiger partial charge in [-0.1, -0.05) is 6.92 Å². The normalized spacial score (nSPS) is 23.4. The van der Waals surface area contributed by atoms with Crippen LogP contribution in [0.1, 0.15) is 33.1 Å². The highest BCUT2D eigenvalue weighted by Gasteiger charge is 2.31. The number of hydrogen-bond donors (Lipinski definition) is 1. The molecular formula is C14H21FN2O. The summed E-state index contributed by atoms with van der Waals surface area (Å²) in [6, 6.07) is 3.99. The lowest BCUT2D eigenvalue weighted by Crippen LogP contribution is -2.34. The molecule has 0 aliphatic carbocycles. The predicted octanol–water partition coefficient (Wildman–Crippen LogP) is 3.18. The Morgan fingerprint density at radius 3 is 2.78 bits per heavy atom. The van der Waals surface area contributed by atoms with Crippen molar-refractivity contribution in [1.29, 1.82) is 0 Å². The van der Waals surface area contributed by atoms with Gasteiger partial charge in [0, 0.05) is 24.2 Å². The van der Waals surface area contributed by atoms with E-state index in [-0.39, 0.29) is 5.75 Å². The lowest BCUT2D eigenvalue weighted by Gasteiger charge is -2.31. The second kappa shape index (κ2) is 5.04. The minimum atomic E-state index is -0.404. The van der Waals surface area contributed by atoms with Crippen LogP contribution in [0.5, 0.6) is 5.75 Å². The number of hydrogen-bond acceptors (Lipinski definition) is 3. The van der Waals surface area contributed by atoms with Crippen LogP contribution in [0.25, 0.3) is 0 Å². The Morgan fingerprint density at radius 2 is 2.17 bits per heavy atom. The number of nitrogens with zero attached hydrogens (tertiary/aromatic N) is 1. The minimum Gasteiger partial charge on any atom is -0.494 e. The zero-order valence-electron chi connectivity index (χ0n) is 11.2. The maximum atomic E-state index is 13.6. The van der Waals surface area contributed by atoms with E-state index in [1.54, 1.807) is 6.07 Å². The van der Waals surface area contributed by atoms with E-state index >= 15 is 0 Å². The first kappa shape index (κ1) is 13.0. The monoisotopic (exact) mass is 252 g/mol. The third kappa shape index (κ3) is 2.11. The summed E-state index contributed by atoms with van der Waals surface area (Å²) in [7, 11) is 1.48. The van der Waals surface area contributed by atoms with Gasteiger partial charge in [0.15, 0.2) is 11.6 Å². The lowest BCUT2D eigenvalue weighted by molar-refractivity contribution is 0.386. The van der Waals surface area contributed by atoms with E-state index in [4.69, 9.17) is 10.5 Å². The number of nitrogen functional groups attached to an aromatic ring is 1. The number of ether oxygens (including phenoxy) is 1. The van der Waals surface area contributed by atoms with Crippen LogP contribution in [-0.2, 0) is 0 Å². The van der Waals surface area contributed by atoms with E-state index in [1.807, 2.05) is 0 Å². The molecule has 1 heterocycles. The third-order valence-electron chi connectivity index (χ3n) is 3.84.